The number of aryl methyl sites for hydroxylation is 1. The highest BCUT2D eigenvalue weighted by Crippen LogP contribution is 2.16. The molecule has 3 aromatic rings. The number of fused-ring (bicyclic) bond motifs is 1. The Morgan fingerprint density at radius 3 is 2.58 bits per heavy atom. The van der Waals surface area contributed by atoms with Crippen LogP contribution in [0.4, 0.5) is 0 Å². The van der Waals surface area contributed by atoms with Crippen LogP contribution in [0, 0.1) is 11.3 Å². The summed E-state index contributed by atoms with van der Waals surface area (Å²) in [5, 5.41) is 14.2. The molecule has 0 bridgehead atoms. The van der Waals surface area contributed by atoms with Gasteiger partial charge in [-0.3, -0.25) is 4.79 Å². The smallest absolute Gasteiger partial charge is 0.359 e. The van der Waals surface area contributed by atoms with Gasteiger partial charge in [0.15, 0.2) is 5.69 Å². The van der Waals surface area contributed by atoms with Gasteiger partial charge in [0.25, 0.3) is 5.56 Å². The van der Waals surface area contributed by atoms with Crippen molar-refractivity contribution in [1.82, 2.24) is 9.78 Å². The number of carbonyl (C=O) groups excluding carboxylic acids is 1. The number of benzene rings is 2. The van der Waals surface area contributed by atoms with E-state index in [0.29, 0.717) is 28.4 Å². The SMILES string of the molecule is CCCn1nc(C(=O)OCc2ccccc2C#N)c2ccccc2c1=O. The minimum atomic E-state index is -0.626. The Bertz CT molecular complexity index is 1060. The molecule has 0 unspecified atom stereocenters. The monoisotopic (exact) mass is 347 g/mol. The summed E-state index contributed by atoms with van der Waals surface area (Å²) in [5.41, 5.74) is 0.945. The summed E-state index contributed by atoms with van der Waals surface area (Å²) in [5.74, 6) is -0.626. The molecular formula is C20H17N3O3. The molecule has 0 radical (unpaired) electrons. The molecule has 0 aliphatic carbocycles. The minimum absolute atomic E-state index is 0.0362. The lowest BCUT2D eigenvalue weighted by Gasteiger charge is -2.10. The zero-order valence-electron chi connectivity index (χ0n) is 14.3. The third-order valence-electron chi connectivity index (χ3n) is 3.99. The van der Waals surface area contributed by atoms with Crippen LogP contribution in [0.2, 0.25) is 0 Å². The molecule has 6 nitrogen and oxygen atoms in total. The lowest BCUT2D eigenvalue weighted by atomic mass is 10.1. The second kappa shape index (κ2) is 7.62. The summed E-state index contributed by atoms with van der Waals surface area (Å²) in [7, 11) is 0. The zero-order valence-corrected chi connectivity index (χ0v) is 14.3. The number of hydrogen-bond acceptors (Lipinski definition) is 5. The molecule has 0 fully saturated rings. The highest BCUT2D eigenvalue weighted by molar-refractivity contribution is 6.02. The van der Waals surface area contributed by atoms with Crippen LogP contribution in [-0.2, 0) is 17.9 Å². The standard InChI is InChI=1S/C20H17N3O3/c1-2-11-23-19(24)17-10-6-5-9-16(17)18(22-23)20(25)26-13-15-8-4-3-7-14(15)12-21/h3-10H,2,11,13H2,1H3. The predicted molar refractivity (Wildman–Crippen MR) is 96.6 cm³/mol. The first-order valence-corrected chi connectivity index (χ1v) is 8.30. The molecule has 2 aromatic carbocycles. The third kappa shape index (κ3) is 3.33. The molecule has 0 saturated carbocycles. The molecule has 0 N–H and O–H groups in total. The minimum Gasteiger partial charge on any atom is -0.456 e. The van der Waals surface area contributed by atoms with Crippen LogP contribution in [0.15, 0.2) is 53.3 Å². The van der Waals surface area contributed by atoms with E-state index in [1.54, 1.807) is 48.5 Å². The van der Waals surface area contributed by atoms with E-state index >= 15 is 0 Å². The van der Waals surface area contributed by atoms with Gasteiger partial charge >= 0.3 is 5.97 Å². The average Bonchev–Trinajstić information content (AvgIpc) is 2.68. The van der Waals surface area contributed by atoms with Gasteiger partial charge in [0.05, 0.1) is 17.0 Å². The number of carbonyl (C=O) groups is 1. The number of rotatable bonds is 5. The first-order valence-electron chi connectivity index (χ1n) is 8.30. The molecule has 1 heterocycles. The zero-order chi connectivity index (χ0) is 18.5. The van der Waals surface area contributed by atoms with Crippen molar-refractivity contribution in [2.24, 2.45) is 0 Å². The van der Waals surface area contributed by atoms with E-state index in [-0.39, 0.29) is 17.9 Å². The molecule has 0 amide bonds. The van der Waals surface area contributed by atoms with Crippen molar-refractivity contribution in [3.05, 3.63) is 75.7 Å². The number of nitriles is 1. The Morgan fingerprint density at radius 2 is 1.85 bits per heavy atom. The van der Waals surface area contributed by atoms with Gasteiger partial charge in [-0.15, -0.1) is 0 Å². The Hall–Kier alpha value is -3.46. The summed E-state index contributed by atoms with van der Waals surface area (Å²) >= 11 is 0. The predicted octanol–water partition coefficient (Wildman–Crippen LogP) is 3.04. The van der Waals surface area contributed by atoms with Crippen molar-refractivity contribution in [2.45, 2.75) is 26.5 Å². The second-order valence-corrected chi connectivity index (χ2v) is 5.77. The van der Waals surface area contributed by atoms with Crippen LogP contribution in [0.3, 0.4) is 0 Å². The van der Waals surface area contributed by atoms with E-state index in [2.05, 4.69) is 11.2 Å². The van der Waals surface area contributed by atoms with Crippen LogP contribution >= 0.6 is 0 Å². The van der Waals surface area contributed by atoms with E-state index in [4.69, 9.17) is 10.00 Å². The Morgan fingerprint density at radius 1 is 1.15 bits per heavy atom. The van der Waals surface area contributed by atoms with Crippen LogP contribution in [0.25, 0.3) is 10.8 Å². The number of esters is 1. The lowest BCUT2D eigenvalue weighted by Crippen LogP contribution is -2.26. The molecule has 0 saturated heterocycles. The molecule has 1 aromatic heterocycles. The molecular weight excluding hydrogens is 330 g/mol. The molecule has 0 atom stereocenters. The van der Waals surface area contributed by atoms with Crippen molar-refractivity contribution < 1.29 is 9.53 Å². The van der Waals surface area contributed by atoms with Gasteiger partial charge in [-0.2, -0.15) is 10.4 Å². The van der Waals surface area contributed by atoms with Crippen molar-refractivity contribution in [3.8, 4) is 6.07 Å². The Kier molecular flexibility index (Phi) is 5.09. The second-order valence-electron chi connectivity index (χ2n) is 5.77. The third-order valence-corrected chi connectivity index (χ3v) is 3.99. The summed E-state index contributed by atoms with van der Waals surface area (Å²) in [4.78, 5) is 25.1. The average molecular weight is 347 g/mol. The maximum Gasteiger partial charge on any atom is 0.359 e. The fraction of sp³-hybridized carbons (Fsp3) is 0.200. The molecule has 0 aliphatic rings. The first kappa shape index (κ1) is 17.4. The molecule has 3 rings (SSSR count). The van der Waals surface area contributed by atoms with Gasteiger partial charge in [0.1, 0.15) is 6.61 Å². The molecule has 0 aliphatic heterocycles. The van der Waals surface area contributed by atoms with Crippen LogP contribution in [0.5, 0.6) is 0 Å². The highest BCUT2D eigenvalue weighted by atomic mass is 16.5. The largest absolute Gasteiger partial charge is 0.456 e. The van der Waals surface area contributed by atoms with E-state index in [0.717, 1.165) is 6.42 Å². The van der Waals surface area contributed by atoms with Gasteiger partial charge in [-0.1, -0.05) is 43.3 Å². The number of aromatic nitrogens is 2. The summed E-state index contributed by atoms with van der Waals surface area (Å²) in [6.07, 6.45) is 0.718. The maximum absolute atomic E-state index is 12.6. The van der Waals surface area contributed by atoms with Crippen molar-refractivity contribution >= 4 is 16.7 Å². The van der Waals surface area contributed by atoms with Gasteiger partial charge in [-0.25, -0.2) is 9.48 Å². The van der Waals surface area contributed by atoms with E-state index < -0.39 is 5.97 Å². The summed E-state index contributed by atoms with van der Waals surface area (Å²) < 4.78 is 6.66. The fourth-order valence-corrected chi connectivity index (χ4v) is 2.72. The molecule has 26 heavy (non-hydrogen) atoms. The van der Waals surface area contributed by atoms with Crippen molar-refractivity contribution in [2.75, 3.05) is 0 Å². The first-order chi connectivity index (χ1) is 12.7. The van der Waals surface area contributed by atoms with Crippen LogP contribution in [-0.4, -0.2) is 15.7 Å². The van der Waals surface area contributed by atoms with Crippen molar-refractivity contribution in [3.63, 3.8) is 0 Å². The number of nitrogens with zero attached hydrogens (tertiary/aromatic N) is 3. The number of ether oxygens (including phenoxy) is 1. The van der Waals surface area contributed by atoms with Gasteiger partial charge < -0.3 is 4.74 Å². The quantitative estimate of drug-likeness (QED) is 0.662. The highest BCUT2D eigenvalue weighted by Gasteiger charge is 2.18. The lowest BCUT2D eigenvalue weighted by molar-refractivity contribution is 0.0465. The summed E-state index contributed by atoms with van der Waals surface area (Å²) in [6.45, 7) is 2.31. The topological polar surface area (TPSA) is 85.0 Å². The van der Waals surface area contributed by atoms with Gasteiger partial charge in [0.2, 0.25) is 0 Å². The van der Waals surface area contributed by atoms with Gasteiger partial charge in [-0.05, 0) is 18.6 Å². The normalized spacial score (nSPS) is 10.5. The van der Waals surface area contributed by atoms with Crippen LogP contribution < -0.4 is 5.56 Å². The van der Waals surface area contributed by atoms with E-state index in [1.165, 1.54) is 4.68 Å². The van der Waals surface area contributed by atoms with Crippen molar-refractivity contribution in [1.29, 1.82) is 5.26 Å². The van der Waals surface area contributed by atoms with E-state index in [1.807, 2.05) is 6.92 Å². The molecule has 0 spiro atoms. The van der Waals surface area contributed by atoms with Crippen LogP contribution in [0.1, 0.15) is 35.0 Å². The molecule has 6 heteroatoms. The molecule has 130 valence electrons. The van der Waals surface area contributed by atoms with Gasteiger partial charge in [0, 0.05) is 17.5 Å². The Labute approximate surface area is 150 Å². The summed E-state index contributed by atoms with van der Waals surface area (Å²) in [6, 6.07) is 15.8. The number of hydrogen-bond donors (Lipinski definition) is 0. The fourth-order valence-electron chi connectivity index (χ4n) is 2.72. The Balaban J connectivity index is 1.96. The van der Waals surface area contributed by atoms with E-state index in [9.17, 15) is 9.59 Å². The maximum atomic E-state index is 12.6.